The zero-order chi connectivity index (χ0) is 25.1. The molecule has 1 amide bonds. The van der Waals surface area contributed by atoms with Gasteiger partial charge in [0.25, 0.3) is 11.7 Å². The Bertz CT molecular complexity index is 1300. The van der Waals surface area contributed by atoms with Crippen molar-refractivity contribution in [3.63, 3.8) is 0 Å². The zero-order valence-corrected chi connectivity index (χ0v) is 20.2. The maximum Gasteiger partial charge on any atom is 0.295 e. The number of phenols is 1. The Hall–Kier alpha value is -3.77. The molecule has 6 nitrogen and oxygen atoms in total. The lowest BCUT2D eigenvalue weighted by atomic mass is 9.94. The summed E-state index contributed by atoms with van der Waals surface area (Å²) in [6.45, 7) is 4.47. The number of aliphatic hydroxyl groups excluding tert-OH is 1. The molecule has 0 aliphatic carbocycles. The molecule has 0 bridgehead atoms. The molecule has 0 radical (unpaired) electrons. The standard InChI is InChI=1S/C28H26ClNO5/c1-3-35-23-12-9-20(15-17(23)2)26(32)24-25(19-5-4-6-22(31)16-19)30(28(34)27(24)33)14-13-18-7-10-21(29)11-8-18/h4-12,15-16,25,31-32H,3,13-14H2,1-2H3/b26-24-. The number of ether oxygens (including phenoxy) is 1. The Morgan fingerprint density at radius 3 is 2.46 bits per heavy atom. The van der Waals surface area contributed by atoms with Gasteiger partial charge in [0.2, 0.25) is 0 Å². The third-order valence-electron chi connectivity index (χ3n) is 6.03. The number of carbonyl (C=O) groups excluding carboxylic acids is 2. The second-order valence-corrected chi connectivity index (χ2v) is 8.81. The van der Waals surface area contributed by atoms with Crippen LogP contribution in [0.25, 0.3) is 5.76 Å². The number of hydrogen-bond donors (Lipinski definition) is 2. The molecule has 0 aromatic heterocycles. The average molecular weight is 492 g/mol. The predicted octanol–water partition coefficient (Wildman–Crippen LogP) is 5.42. The van der Waals surface area contributed by atoms with E-state index in [9.17, 15) is 19.8 Å². The lowest BCUT2D eigenvalue weighted by molar-refractivity contribution is -0.139. The molecule has 1 aliphatic rings. The van der Waals surface area contributed by atoms with Crippen LogP contribution < -0.4 is 4.74 Å². The molecule has 2 N–H and O–H groups in total. The lowest BCUT2D eigenvalue weighted by Gasteiger charge is -2.25. The number of aryl methyl sites for hydroxylation is 1. The van der Waals surface area contributed by atoms with E-state index in [1.54, 1.807) is 42.5 Å². The number of halogens is 1. The molecule has 35 heavy (non-hydrogen) atoms. The molecule has 1 atom stereocenters. The van der Waals surface area contributed by atoms with Crippen LogP contribution in [0.3, 0.4) is 0 Å². The topological polar surface area (TPSA) is 87.1 Å². The molecule has 4 rings (SSSR count). The number of Topliss-reactive ketones (excluding diaryl/α,β-unsaturated/α-hetero) is 1. The molecular formula is C28H26ClNO5. The molecule has 7 heteroatoms. The minimum atomic E-state index is -0.846. The molecule has 0 saturated carbocycles. The van der Waals surface area contributed by atoms with Crippen molar-refractivity contribution in [2.24, 2.45) is 0 Å². The molecule has 1 fully saturated rings. The summed E-state index contributed by atoms with van der Waals surface area (Å²) in [5, 5.41) is 22.0. The van der Waals surface area contributed by atoms with Crippen LogP contribution in [-0.4, -0.2) is 40.0 Å². The molecule has 1 aliphatic heterocycles. The first kappa shape index (κ1) is 24.4. The normalized spacial score (nSPS) is 17.1. The van der Waals surface area contributed by atoms with Crippen molar-refractivity contribution in [2.75, 3.05) is 13.2 Å². The van der Waals surface area contributed by atoms with Crippen LogP contribution in [0.2, 0.25) is 5.02 Å². The van der Waals surface area contributed by atoms with Crippen LogP contribution >= 0.6 is 11.6 Å². The first-order valence-corrected chi connectivity index (χ1v) is 11.7. The molecule has 3 aromatic rings. The van der Waals surface area contributed by atoms with Crippen LogP contribution in [-0.2, 0) is 16.0 Å². The van der Waals surface area contributed by atoms with Gasteiger partial charge in [-0.15, -0.1) is 0 Å². The number of nitrogens with zero attached hydrogens (tertiary/aromatic N) is 1. The summed E-state index contributed by atoms with van der Waals surface area (Å²) in [7, 11) is 0. The van der Waals surface area contributed by atoms with Gasteiger partial charge >= 0.3 is 0 Å². The number of carbonyl (C=O) groups is 2. The summed E-state index contributed by atoms with van der Waals surface area (Å²) in [4.78, 5) is 27.8. The van der Waals surface area contributed by atoms with Crippen molar-refractivity contribution < 1.29 is 24.5 Å². The number of rotatable bonds is 7. The number of ketones is 1. The average Bonchev–Trinajstić information content (AvgIpc) is 3.09. The van der Waals surface area contributed by atoms with E-state index in [0.29, 0.717) is 34.9 Å². The van der Waals surface area contributed by atoms with Gasteiger partial charge in [0.15, 0.2) is 0 Å². The van der Waals surface area contributed by atoms with Gasteiger partial charge in [0, 0.05) is 17.1 Å². The van der Waals surface area contributed by atoms with Gasteiger partial charge in [-0.05, 0) is 79.4 Å². The van der Waals surface area contributed by atoms with Crippen LogP contribution in [0, 0.1) is 6.92 Å². The van der Waals surface area contributed by atoms with Gasteiger partial charge in [0.05, 0.1) is 18.2 Å². The van der Waals surface area contributed by atoms with Gasteiger partial charge < -0.3 is 19.8 Å². The number of phenolic OH excluding ortho intramolecular Hbond substituents is 1. The largest absolute Gasteiger partial charge is 0.508 e. The molecule has 1 unspecified atom stereocenters. The molecule has 0 spiro atoms. The summed E-state index contributed by atoms with van der Waals surface area (Å²) < 4.78 is 5.57. The monoisotopic (exact) mass is 491 g/mol. The highest BCUT2D eigenvalue weighted by Crippen LogP contribution is 2.40. The van der Waals surface area contributed by atoms with E-state index in [2.05, 4.69) is 0 Å². The van der Waals surface area contributed by atoms with E-state index in [1.807, 2.05) is 26.0 Å². The minimum absolute atomic E-state index is 0.00250. The third kappa shape index (κ3) is 5.03. The summed E-state index contributed by atoms with van der Waals surface area (Å²) >= 11 is 5.98. The number of benzene rings is 3. The van der Waals surface area contributed by atoms with Crippen LogP contribution in [0.5, 0.6) is 11.5 Å². The molecule has 3 aromatic carbocycles. The molecule has 180 valence electrons. The Morgan fingerprint density at radius 2 is 1.80 bits per heavy atom. The Morgan fingerprint density at radius 1 is 1.06 bits per heavy atom. The van der Waals surface area contributed by atoms with Gasteiger partial charge in [-0.25, -0.2) is 0 Å². The van der Waals surface area contributed by atoms with E-state index in [-0.39, 0.29) is 23.6 Å². The van der Waals surface area contributed by atoms with Crippen molar-refractivity contribution in [1.29, 1.82) is 0 Å². The van der Waals surface area contributed by atoms with Crippen molar-refractivity contribution in [1.82, 2.24) is 4.90 Å². The highest BCUT2D eigenvalue weighted by atomic mass is 35.5. The van der Waals surface area contributed by atoms with Gasteiger partial charge in [-0.1, -0.05) is 35.9 Å². The van der Waals surface area contributed by atoms with Crippen molar-refractivity contribution >= 4 is 29.1 Å². The first-order valence-electron chi connectivity index (χ1n) is 11.4. The fourth-order valence-electron chi connectivity index (χ4n) is 4.32. The zero-order valence-electron chi connectivity index (χ0n) is 19.5. The minimum Gasteiger partial charge on any atom is -0.508 e. The molecular weight excluding hydrogens is 466 g/mol. The second-order valence-electron chi connectivity index (χ2n) is 8.38. The van der Waals surface area contributed by atoms with Crippen molar-refractivity contribution in [3.8, 4) is 11.5 Å². The van der Waals surface area contributed by atoms with E-state index >= 15 is 0 Å². The Kier molecular flexibility index (Phi) is 7.12. The number of amides is 1. The summed E-state index contributed by atoms with van der Waals surface area (Å²) in [5.41, 5.74) is 2.67. The highest BCUT2D eigenvalue weighted by molar-refractivity contribution is 6.46. The molecule has 1 heterocycles. The number of aromatic hydroxyl groups is 1. The summed E-state index contributed by atoms with van der Waals surface area (Å²) in [6.07, 6.45) is 0.488. The summed E-state index contributed by atoms with van der Waals surface area (Å²) in [6, 6.07) is 17.9. The third-order valence-corrected chi connectivity index (χ3v) is 6.28. The van der Waals surface area contributed by atoms with Crippen LogP contribution in [0.15, 0.2) is 72.3 Å². The predicted molar refractivity (Wildman–Crippen MR) is 135 cm³/mol. The van der Waals surface area contributed by atoms with Gasteiger partial charge in [0.1, 0.15) is 17.3 Å². The molecule has 1 saturated heterocycles. The first-order chi connectivity index (χ1) is 16.8. The van der Waals surface area contributed by atoms with Crippen molar-refractivity contribution in [3.05, 3.63) is 99.6 Å². The van der Waals surface area contributed by atoms with Crippen molar-refractivity contribution in [2.45, 2.75) is 26.3 Å². The van der Waals surface area contributed by atoms with E-state index < -0.39 is 17.7 Å². The van der Waals surface area contributed by atoms with E-state index in [0.717, 1.165) is 11.1 Å². The maximum absolute atomic E-state index is 13.2. The fourth-order valence-corrected chi connectivity index (χ4v) is 4.45. The maximum atomic E-state index is 13.2. The van der Waals surface area contributed by atoms with Crippen LogP contribution in [0.4, 0.5) is 0 Å². The quantitative estimate of drug-likeness (QED) is 0.262. The van der Waals surface area contributed by atoms with Crippen LogP contribution in [0.1, 0.15) is 35.2 Å². The highest BCUT2D eigenvalue weighted by Gasteiger charge is 2.46. The number of aliphatic hydroxyl groups is 1. The Labute approximate surface area is 209 Å². The van der Waals surface area contributed by atoms with E-state index in [4.69, 9.17) is 16.3 Å². The second kappa shape index (κ2) is 10.2. The SMILES string of the molecule is CCOc1ccc(/C(O)=C2/C(=O)C(=O)N(CCc3ccc(Cl)cc3)C2c2cccc(O)c2)cc1C. The smallest absolute Gasteiger partial charge is 0.295 e. The Balaban J connectivity index is 1.77. The number of likely N-dealkylation sites (tertiary alicyclic amines) is 1. The lowest BCUT2D eigenvalue weighted by Crippen LogP contribution is -2.31. The van der Waals surface area contributed by atoms with Gasteiger partial charge in [-0.2, -0.15) is 0 Å². The fraction of sp³-hybridized carbons (Fsp3) is 0.214. The number of hydrogen-bond acceptors (Lipinski definition) is 5. The van der Waals surface area contributed by atoms with E-state index in [1.165, 1.54) is 17.0 Å². The van der Waals surface area contributed by atoms with Gasteiger partial charge in [-0.3, -0.25) is 9.59 Å². The summed E-state index contributed by atoms with van der Waals surface area (Å²) in [5.74, 6) is -1.05.